The number of phenolic OH excluding ortho intramolecular Hbond substituents is 1. The summed E-state index contributed by atoms with van der Waals surface area (Å²) >= 11 is 0. The zero-order valence-corrected chi connectivity index (χ0v) is 11.6. The van der Waals surface area contributed by atoms with Gasteiger partial charge in [-0.3, -0.25) is 9.69 Å². The molecule has 1 atom stereocenters. The highest BCUT2D eigenvalue weighted by molar-refractivity contribution is 6.08. The molecular weight excluding hydrogens is 268 g/mol. The lowest BCUT2D eigenvalue weighted by atomic mass is 10.1. The second-order valence-corrected chi connectivity index (χ2v) is 4.96. The van der Waals surface area contributed by atoms with Gasteiger partial charge in [0.1, 0.15) is 0 Å². The fourth-order valence-electron chi connectivity index (χ4n) is 2.62. The molecule has 0 bridgehead atoms. The van der Waals surface area contributed by atoms with Crippen LogP contribution < -0.4 is 15.4 Å². The Hall–Kier alpha value is -2.53. The molecule has 1 aliphatic heterocycles. The Bertz CT molecular complexity index is 700. The molecule has 3 N–H and O–H groups in total. The molecule has 0 saturated heterocycles. The molecule has 2 aromatic rings. The minimum atomic E-state index is -0.380. The van der Waals surface area contributed by atoms with Gasteiger partial charge < -0.3 is 15.6 Å². The van der Waals surface area contributed by atoms with E-state index in [-0.39, 0.29) is 23.6 Å². The number of phenols is 1. The Balaban J connectivity index is 1.99. The summed E-state index contributed by atoms with van der Waals surface area (Å²) in [7, 11) is 1.44. The van der Waals surface area contributed by atoms with Crippen LogP contribution in [0.25, 0.3) is 0 Å². The van der Waals surface area contributed by atoms with Crippen molar-refractivity contribution >= 4 is 11.6 Å². The maximum atomic E-state index is 12.7. The van der Waals surface area contributed by atoms with Gasteiger partial charge in [0.25, 0.3) is 5.91 Å². The van der Waals surface area contributed by atoms with Crippen LogP contribution in [0.4, 0.5) is 5.69 Å². The first-order valence-corrected chi connectivity index (χ1v) is 6.66. The largest absolute Gasteiger partial charge is 0.504 e. The number of amides is 1. The van der Waals surface area contributed by atoms with Crippen molar-refractivity contribution < 1.29 is 14.6 Å². The highest BCUT2D eigenvalue weighted by atomic mass is 16.5. The summed E-state index contributed by atoms with van der Waals surface area (Å²) in [6, 6.07) is 12.2. The molecule has 21 heavy (non-hydrogen) atoms. The van der Waals surface area contributed by atoms with Crippen LogP contribution in [0.2, 0.25) is 0 Å². The van der Waals surface area contributed by atoms with Crippen molar-refractivity contribution in [2.75, 3.05) is 12.0 Å². The number of rotatable bonds is 2. The SMILES string of the molecule is COc1cc(C(=O)N2c3ccccc3CC2N)ccc1O. The van der Waals surface area contributed by atoms with Crippen molar-refractivity contribution in [2.24, 2.45) is 5.73 Å². The van der Waals surface area contributed by atoms with Crippen molar-refractivity contribution in [3.05, 3.63) is 53.6 Å². The van der Waals surface area contributed by atoms with Gasteiger partial charge in [-0.2, -0.15) is 0 Å². The molecule has 5 heteroatoms. The molecule has 5 nitrogen and oxygen atoms in total. The predicted molar refractivity (Wildman–Crippen MR) is 79.6 cm³/mol. The van der Waals surface area contributed by atoms with Crippen molar-refractivity contribution in [1.82, 2.24) is 0 Å². The van der Waals surface area contributed by atoms with Gasteiger partial charge in [-0.25, -0.2) is 0 Å². The molecule has 2 aromatic carbocycles. The van der Waals surface area contributed by atoms with Gasteiger partial charge in [-0.1, -0.05) is 18.2 Å². The van der Waals surface area contributed by atoms with Crippen molar-refractivity contribution in [3.8, 4) is 11.5 Å². The number of fused-ring (bicyclic) bond motifs is 1. The quantitative estimate of drug-likeness (QED) is 0.883. The first-order chi connectivity index (χ1) is 10.1. The van der Waals surface area contributed by atoms with E-state index in [4.69, 9.17) is 10.5 Å². The van der Waals surface area contributed by atoms with Crippen molar-refractivity contribution in [2.45, 2.75) is 12.6 Å². The van der Waals surface area contributed by atoms with E-state index >= 15 is 0 Å². The van der Waals surface area contributed by atoms with Crippen LogP contribution in [-0.4, -0.2) is 24.3 Å². The summed E-state index contributed by atoms with van der Waals surface area (Å²) in [5.74, 6) is 0.0628. The van der Waals surface area contributed by atoms with Gasteiger partial charge in [0, 0.05) is 17.7 Å². The lowest BCUT2D eigenvalue weighted by Crippen LogP contribution is -2.43. The second kappa shape index (κ2) is 5.10. The Morgan fingerprint density at radius 1 is 1.33 bits per heavy atom. The number of benzene rings is 2. The van der Waals surface area contributed by atoms with Gasteiger partial charge in [-0.15, -0.1) is 0 Å². The van der Waals surface area contributed by atoms with Gasteiger partial charge in [0.05, 0.1) is 13.3 Å². The van der Waals surface area contributed by atoms with Crippen LogP contribution in [0.15, 0.2) is 42.5 Å². The van der Waals surface area contributed by atoms with E-state index in [1.54, 1.807) is 11.0 Å². The second-order valence-electron chi connectivity index (χ2n) is 4.96. The molecule has 0 spiro atoms. The smallest absolute Gasteiger partial charge is 0.259 e. The third-order valence-electron chi connectivity index (χ3n) is 3.66. The van der Waals surface area contributed by atoms with Crippen molar-refractivity contribution in [3.63, 3.8) is 0 Å². The van der Waals surface area contributed by atoms with E-state index in [1.165, 1.54) is 19.2 Å². The number of nitrogens with zero attached hydrogens (tertiary/aromatic N) is 1. The number of hydrogen-bond donors (Lipinski definition) is 2. The van der Waals surface area contributed by atoms with E-state index in [9.17, 15) is 9.90 Å². The number of carbonyl (C=O) groups excluding carboxylic acids is 1. The van der Waals surface area contributed by atoms with Crippen LogP contribution in [0, 0.1) is 0 Å². The van der Waals surface area contributed by atoms with Crippen LogP contribution in [0.5, 0.6) is 11.5 Å². The van der Waals surface area contributed by atoms with Gasteiger partial charge in [0.2, 0.25) is 0 Å². The number of anilines is 1. The number of carbonyl (C=O) groups is 1. The van der Waals surface area contributed by atoms with E-state index in [1.807, 2.05) is 24.3 Å². The fourth-order valence-corrected chi connectivity index (χ4v) is 2.62. The van der Waals surface area contributed by atoms with E-state index in [2.05, 4.69) is 0 Å². The summed E-state index contributed by atoms with van der Waals surface area (Å²) < 4.78 is 5.04. The first-order valence-electron chi connectivity index (χ1n) is 6.66. The van der Waals surface area contributed by atoms with Gasteiger partial charge in [0.15, 0.2) is 11.5 Å². The normalized spacial score (nSPS) is 16.7. The van der Waals surface area contributed by atoms with E-state index in [0.29, 0.717) is 12.0 Å². The number of aromatic hydroxyl groups is 1. The molecule has 0 fully saturated rings. The van der Waals surface area contributed by atoms with E-state index in [0.717, 1.165) is 11.3 Å². The average Bonchev–Trinajstić information content (AvgIpc) is 2.82. The summed E-state index contributed by atoms with van der Waals surface area (Å²) in [4.78, 5) is 14.3. The Kier molecular flexibility index (Phi) is 3.27. The number of para-hydroxylation sites is 1. The highest BCUT2D eigenvalue weighted by Crippen LogP contribution is 2.33. The van der Waals surface area contributed by atoms with Crippen molar-refractivity contribution in [1.29, 1.82) is 0 Å². The molecule has 1 unspecified atom stereocenters. The van der Waals surface area contributed by atoms with Crippen LogP contribution in [-0.2, 0) is 6.42 Å². The molecule has 1 aliphatic rings. The van der Waals surface area contributed by atoms with E-state index < -0.39 is 0 Å². The third-order valence-corrected chi connectivity index (χ3v) is 3.66. The zero-order chi connectivity index (χ0) is 15.0. The Morgan fingerprint density at radius 3 is 2.86 bits per heavy atom. The highest BCUT2D eigenvalue weighted by Gasteiger charge is 2.31. The maximum absolute atomic E-state index is 12.7. The molecule has 0 aliphatic carbocycles. The summed E-state index contributed by atoms with van der Waals surface area (Å²) in [6.07, 6.45) is 0.256. The number of nitrogens with two attached hydrogens (primary N) is 1. The number of hydrogen-bond acceptors (Lipinski definition) is 4. The molecule has 0 aromatic heterocycles. The Labute approximate surface area is 122 Å². The standard InChI is InChI=1S/C16H16N2O3/c1-21-14-8-11(6-7-13(14)19)16(20)18-12-5-3-2-4-10(12)9-15(18)17/h2-8,15,19H,9,17H2,1H3. The van der Waals surface area contributed by atoms with Crippen LogP contribution in [0.1, 0.15) is 15.9 Å². The fraction of sp³-hybridized carbons (Fsp3) is 0.188. The summed E-state index contributed by atoms with van der Waals surface area (Å²) in [5, 5.41) is 9.62. The van der Waals surface area contributed by atoms with Gasteiger partial charge in [-0.05, 0) is 29.8 Å². The minimum absolute atomic E-state index is 0.000158. The van der Waals surface area contributed by atoms with Crippen LogP contribution in [0.3, 0.4) is 0 Å². The maximum Gasteiger partial charge on any atom is 0.259 e. The third kappa shape index (κ3) is 2.21. The lowest BCUT2D eigenvalue weighted by molar-refractivity contribution is 0.0980. The predicted octanol–water partition coefficient (Wildman–Crippen LogP) is 1.89. The number of ether oxygens (including phenoxy) is 1. The Morgan fingerprint density at radius 2 is 2.10 bits per heavy atom. The monoisotopic (exact) mass is 284 g/mol. The average molecular weight is 284 g/mol. The molecule has 1 heterocycles. The number of methoxy groups -OCH3 is 1. The molecule has 3 rings (SSSR count). The minimum Gasteiger partial charge on any atom is -0.504 e. The molecule has 1 amide bonds. The van der Waals surface area contributed by atoms with Gasteiger partial charge >= 0.3 is 0 Å². The molecule has 0 radical (unpaired) electrons. The summed E-state index contributed by atoms with van der Waals surface area (Å²) in [6.45, 7) is 0. The summed E-state index contributed by atoms with van der Waals surface area (Å²) in [5.41, 5.74) is 8.41. The zero-order valence-electron chi connectivity index (χ0n) is 11.6. The first kappa shape index (κ1) is 13.5. The van der Waals surface area contributed by atoms with Crippen LogP contribution >= 0.6 is 0 Å². The molecule has 108 valence electrons. The topological polar surface area (TPSA) is 75.8 Å². The molecule has 0 saturated carbocycles. The molecular formula is C16H16N2O3. The lowest BCUT2D eigenvalue weighted by Gasteiger charge is -2.22.